The van der Waals surface area contributed by atoms with Gasteiger partial charge in [0.1, 0.15) is 17.2 Å². The number of carbonyl (C=O) groups excluding carboxylic acids is 3. The molecule has 0 spiro atoms. The van der Waals surface area contributed by atoms with E-state index in [2.05, 4.69) is 27.3 Å². The number of carbonyl (C=O) groups is 3. The Morgan fingerprint density at radius 2 is 2.06 bits per heavy atom. The Hall–Kier alpha value is -2.98. The van der Waals surface area contributed by atoms with Gasteiger partial charge in [0.25, 0.3) is 0 Å². The van der Waals surface area contributed by atoms with Gasteiger partial charge in [0.15, 0.2) is 5.82 Å². The summed E-state index contributed by atoms with van der Waals surface area (Å²) in [6.07, 6.45) is 1.72. The molecule has 1 aliphatic heterocycles. The summed E-state index contributed by atoms with van der Waals surface area (Å²) in [5, 5.41) is 14.9. The number of likely N-dealkylation sites (tertiary alicyclic amines) is 1. The Balaban J connectivity index is 1.82. The number of nitrogens with zero attached hydrogens (tertiary/aromatic N) is 5. The van der Waals surface area contributed by atoms with Crippen LogP contribution in [0.3, 0.4) is 0 Å². The van der Waals surface area contributed by atoms with Gasteiger partial charge in [-0.05, 0) is 45.7 Å². The minimum Gasteiger partial charge on any atom is -0.464 e. The summed E-state index contributed by atoms with van der Waals surface area (Å²) in [6.45, 7) is 11.1. The molecule has 1 aromatic rings. The molecule has 1 aromatic heterocycles. The number of hydrogen-bond acceptors (Lipinski definition) is 8. The topological polar surface area (TPSA) is 129 Å². The lowest BCUT2D eigenvalue weighted by atomic mass is 10.0. The van der Waals surface area contributed by atoms with Crippen molar-refractivity contribution in [2.75, 3.05) is 13.2 Å². The van der Waals surface area contributed by atoms with Crippen molar-refractivity contribution in [2.24, 2.45) is 13.0 Å². The highest BCUT2D eigenvalue weighted by atomic mass is 16.6. The first-order valence-electron chi connectivity index (χ1n) is 10.4. The van der Waals surface area contributed by atoms with E-state index in [4.69, 9.17) is 9.47 Å². The van der Waals surface area contributed by atoms with Gasteiger partial charge in [-0.25, -0.2) is 9.59 Å². The van der Waals surface area contributed by atoms with Crippen LogP contribution in [0.25, 0.3) is 0 Å². The summed E-state index contributed by atoms with van der Waals surface area (Å²) in [5.74, 6) is -1.01. The molecule has 1 aliphatic carbocycles. The molecule has 1 saturated heterocycles. The summed E-state index contributed by atoms with van der Waals surface area (Å²) in [4.78, 5) is 41.3. The number of rotatable bonds is 6. The second-order valence-corrected chi connectivity index (χ2v) is 8.95. The van der Waals surface area contributed by atoms with Crippen LogP contribution in [0.1, 0.15) is 52.3 Å². The number of esters is 1. The third kappa shape index (κ3) is 4.70. The zero-order valence-electron chi connectivity index (χ0n) is 18.6. The molecule has 11 nitrogen and oxygen atoms in total. The molecule has 0 aromatic carbocycles. The number of ether oxygens (including phenoxy) is 2. The third-order valence-corrected chi connectivity index (χ3v) is 5.41. The standard InChI is InChI=1S/C20H30N6O5/c1-7-13-10-20(13,17(28)30-8-2)21-16(27)14-9-12(15-22-24-25(6)23-15)11-26(14)18(29)31-19(3,4)5/h7,12-14H,1,8-11H2,2-6H3,(H,21,27)/t12-,13-,14+,20?/m1/s1. The molecule has 0 bridgehead atoms. The Labute approximate surface area is 181 Å². The van der Waals surface area contributed by atoms with Crippen LogP contribution in [0.2, 0.25) is 0 Å². The molecule has 2 amide bonds. The van der Waals surface area contributed by atoms with E-state index >= 15 is 0 Å². The van der Waals surface area contributed by atoms with Crippen LogP contribution in [-0.4, -0.2) is 73.4 Å². The molecule has 1 unspecified atom stereocenters. The molecule has 31 heavy (non-hydrogen) atoms. The van der Waals surface area contributed by atoms with Gasteiger partial charge in [-0.3, -0.25) is 9.69 Å². The average molecular weight is 434 g/mol. The monoisotopic (exact) mass is 434 g/mol. The zero-order valence-corrected chi connectivity index (χ0v) is 18.6. The van der Waals surface area contributed by atoms with Crippen molar-refractivity contribution < 1.29 is 23.9 Å². The fourth-order valence-electron chi connectivity index (χ4n) is 3.82. The van der Waals surface area contributed by atoms with Crippen LogP contribution in [0, 0.1) is 5.92 Å². The second kappa shape index (κ2) is 8.27. The maximum absolute atomic E-state index is 13.3. The fraction of sp³-hybridized carbons (Fsp3) is 0.700. The lowest BCUT2D eigenvalue weighted by molar-refractivity contribution is -0.149. The van der Waals surface area contributed by atoms with Gasteiger partial charge < -0.3 is 14.8 Å². The molecule has 0 radical (unpaired) electrons. The number of amides is 2. The maximum atomic E-state index is 13.3. The van der Waals surface area contributed by atoms with Crippen molar-refractivity contribution in [1.82, 2.24) is 30.4 Å². The van der Waals surface area contributed by atoms with E-state index in [-0.39, 0.29) is 31.4 Å². The van der Waals surface area contributed by atoms with Crippen molar-refractivity contribution in [2.45, 2.75) is 63.6 Å². The van der Waals surface area contributed by atoms with Gasteiger partial charge in [0.05, 0.1) is 13.7 Å². The summed E-state index contributed by atoms with van der Waals surface area (Å²) in [6, 6.07) is -0.846. The van der Waals surface area contributed by atoms with E-state index in [9.17, 15) is 14.4 Å². The molecule has 2 fully saturated rings. The minimum absolute atomic E-state index is 0.203. The predicted octanol–water partition coefficient (Wildman–Crippen LogP) is 0.927. The van der Waals surface area contributed by atoms with E-state index in [1.807, 2.05) is 0 Å². The first kappa shape index (κ1) is 22.7. The summed E-state index contributed by atoms with van der Waals surface area (Å²) >= 11 is 0. The predicted molar refractivity (Wildman–Crippen MR) is 109 cm³/mol. The minimum atomic E-state index is -1.14. The van der Waals surface area contributed by atoms with Crippen molar-refractivity contribution in [3.05, 3.63) is 18.5 Å². The van der Waals surface area contributed by atoms with E-state index < -0.39 is 35.2 Å². The van der Waals surface area contributed by atoms with E-state index in [0.717, 1.165) is 0 Å². The first-order chi connectivity index (χ1) is 14.5. The number of tetrazole rings is 1. The molecule has 11 heteroatoms. The lowest BCUT2D eigenvalue weighted by Crippen LogP contribution is -2.53. The number of aryl methyl sites for hydroxylation is 1. The summed E-state index contributed by atoms with van der Waals surface area (Å²) in [5.41, 5.74) is -1.87. The van der Waals surface area contributed by atoms with Crippen molar-refractivity contribution >= 4 is 18.0 Å². The van der Waals surface area contributed by atoms with Crippen LogP contribution in [-0.2, 0) is 26.1 Å². The number of aromatic nitrogens is 4. The maximum Gasteiger partial charge on any atom is 0.410 e. The van der Waals surface area contributed by atoms with E-state index in [0.29, 0.717) is 12.2 Å². The van der Waals surface area contributed by atoms with Crippen molar-refractivity contribution in [3.63, 3.8) is 0 Å². The molecule has 1 N–H and O–H groups in total. The Bertz CT molecular complexity index is 878. The Kier molecular flexibility index (Phi) is 6.06. The second-order valence-electron chi connectivity index (χ2n) is 8.95. The van der Waals surface area contributed by atoms with Gasteiger partial charge in [-0.1, -0.05) is 6.08 Å². The van der Waals surface area contributed by atoms with Crippen LogP contribution in [0.5, 0.6) is 0 Å². The third-order valence-electron chi connectivity index (χ3n) is 5.41. The van der Waals surface area contributed by atoms with Gasteiger partial charge in [-0.15, -0.1) is 16.8 Å². The first-order valence-corrected chi connectivity index (χ1v) is 10.4. The van der Waals surface area contributed by atoms with Crippen molar-refractivity contribution in [3.8, 4) is 0 Å². The lowest BCUT2D eigenvalue weighted by Gasteiger charge is -2.29. The van der Waals surface area contributed by atoms with E-state index in [1.54, 1.807) is 40.8 Å². The van der Waals surface area contributed by atoms with Crippen molar-refractivity contribution in [1.29, 1.82) is 0 Å². The molecule has 170 valence electrons. The summed E-state index contributed by atoms with van der Waals surface area (Å²) < 4.78 is 10.7. The van der Waals surface area contributed by atoms with Crippen LogP contribution in [0.4, 0.5) is 4.79 Å². The number of nitrogens with one attached hydrogen (secondary N) is 1. The van der Waals surface area contributed by atoms with Crippen LogP contribution < -0.4 is 5.32 Å². The SMILES string of the molecule is C=C[C@@H]1CC1(NC(=O)[C@@H]1C[C@@H](c2nnn(C)n2)CN1C(=O)OC(C)(C)C)C(=O)OCC. The molecular weight excluding hydrogens is 404 g/mol. The molecule has 1 saturated carbocycles. The largest absolute Gasteiger partial charge is 0.464 e. The molecular formula is C20H30N6O5. The van der Waals surface area contributed by atoms with Crippen LogP contribution in [0.15, 0.2) is 12.7 Å². The Morgan fingerprint density at radius 1 is 1.35 bits per heavy atom. The molecule has 2 aliphatic rings. The highest BCUT2D eigenvalue weighted by molar-refractivity contribution is 5.95. The highest BCUT2D eigenvalue weighted by Crippen LogP contribution is 2.46. The zero-order chi connectivity index (χ0) is 23.0. The number of hydrogen-bond donors (Lipinski definition) is 1. The van der Waals surface area contributed by atoms with Crippen LogP contribution >= 0.6 is 0 Å². The molecule has 4 atom stereocenters. The average Bonchev–Trinajstić information content (AvgIpc) is 3.01. The highest BCUT2D eigenvalue weighted by Gasteiger charge is 2.62. The van der Waals surface area contributed by atoms with Gasteiger partial charge in [-0.2, -0.15) is 4.80 Å². The Morgan fingerprint density at radius 3 is 2.58 bits per heavy atom. The normalized spacial score (nSPS) is 27.5. The summed E-state index contributed by atoms with van der Waals surface area (Å²) in [7, 11) is 1.65. The van der Waals surface area contributed by atoms with Gasteiger partial charge in [0.2, 0.25) is 5.91 Å². The van der Waals surface area contributed by atoms with Gasteiger partial charge in [0, 0.05) is 18.4 Å². The molecule has 2 heterocycles. The quantitative estimate of drug-likeness (QED) is 0.517. The smallest absolute Gasteiger partial charge is 0.410 e. The fourth-order valence-corrected chi connectivity index (χ4v) is 3.82. The van der Waals surface area contributed by atoms with Gasteiger partial charge >= 0.3 is 12.1 Å². The van der Waals surface area contributed by atoms with E-state index in [1.165, 1.54) is 9.70 Å². The molecule has 3 rings (SSSR count).